The Labute approximate surface area is 115 Å². The highest BCUT2D eigenvalue weighted by Gasteiger charge is 2.11. The first-order chi connectivity index (χ1) is 8.42. The second kappa shape index (κ2) is 6.68. The molecular weight excluding hydrogens is 246 g/mol. The number of hydrogen-bond donors (Lipinski definition) is 1. The first-order valence-electron chi connectivity index (χ1n) is 5.98. The van der Waals surface area contributed by atoms with Gasteiger partial charge in [-0.25, -0.2) is 0 Å². The lowest BCUT2D eigenvalue weighted by Gasteiger charge is -2.21. The zero-order chi connectivity index (χ0) is 13.6. The van der Waals surface area contributed by atoms with Gasteiger partial charge in [-0.2, -0.15) is 0 Å². The summed E-state index contributed by atoms with van der Waals surface area (Å²) in [5.74, 6) is 6.53. The van der Waals surface area contributed by atoms with Gasteiger partial charge in [-0.15, -0.1) is 5.92 Å². The average Bonchev–Trinajstić information content (AvgIpc) is 2.28. The third kappa shape index (κ3) is 5.44. The molecular formula is C15H20ClNO. The second-order valence-electron chi connectivity index (χ2n) is 5.07. The maximum absolute atomic E-state index is 6.02. The molecule has 1 aromatic rings. The minimum atomic E-state index is 0.0583. The van der Waals surface area contributed by atoms with Crippen molar-refractivity contribution in [2.45, 2.75) is 39.8 Å². The minimum absolute atomic E-state index is 0.0583. The van der Waals surface area contributed by atoms with Crippen molar-refractivity contribution in [2.24, 2.45) is 0 Å². The van der Waals surface area contributed by atoms with E-state index in [1.54, 1.807) is 6.92 Å². The Kier molecular flexibility index (Phi) is 5.53. The van der Waals surface area contributed by atoms with Crippen LogP contribution in [0.5, 0.6) is 5.75 Å². The Morgan fingerprint density at radius 2 is 2.06 bits per heavy atom. The van der Waals surface area contributed by atoms with Gasteiger partial charge < -0.3 is 10.1 Å². The van der Waals surface area contributed by atoms with Crippen molar-refractivity contribution in [3.8, 4) is 17.6 Å². The van der Waals surface area contributed by atoms with E-state index in [0.29, 0.717) is 6.61 Å². The molecule has 0 saturated heterocycles. The first kappa shape index (κ1) is 14.9. The fourth-order valence-electron chi connectivity index (χ4n) is 1.37. The van der Waals surface area contributed by atoms with E-state index in [1.165, 1.54) is 0 Å². The Balaban J connectivity index is 2.78. The van der Waals surface area contributed by atoms with Crippen molar-refractivity contribution in [1.29, 1.82) is 0 Å². The van der Waals surface area contributed by atoms with Gasteiger partial charge in [0.25, 0.3) is 0 Å². The molecule has 0 radical (unpaired) electrons. The van der Waals surface area contributed by atoms with E-state index in [9.17, 15) is 0 Å². The highest BCUT2D eigenvalue weighted by molar-refractivity contribution is 6.30. The van der Waals surface area contributed by atoms with Gasteiger partial charge >= 0.3 is 0 Å². The van der Waals surface area contributed by atoms with Crippen molar-refractivity contribution in [3.05, 3.63) is 28.8 Å². The molecule has 0 heterocycles. The van der Waals surface area contributed by atoms with E-state index < -0.39 is 0 Å². The Hall–Kier alpha value is -1.17. The summed E-state index contributed by atoms with van der Waals surface area (Å²) in [7, 11) is 0. The molecule has 1 rings (SSSR count). The third-order valence-electron chi connectivity index (χ3n) is 2.31. The molecule has 0 bridgehead atoms. The number of nitrogens with one attached hydrogen (secondary N) is 1. The number of hydrogen-bond acceptors (Lipinski definition) is 2. The van der Waals surface area contributed by atoms with E-state index in [-0.39, 0.29) is 5.54 Å². The minimum Gasteiger partial charge on any atom is -0.481 e. The van der Waals surface area contributed by atoms with Crippen LogP contribution in [0.25, 0.3) is 0 Å². The van der Waals surface area contributed by atoms with Crippen LogP contribution >= 0.6 is 11.6 Å². The summed E-state index contributed by atoms with van der Waals surface area (Å²) in [6, 6.07) is 5.64. The van der Waals surface area contributed by atoms with Crippen molar-refractivity contribution >= 4 is 11.6 Å². The third-order valence-corrected chi connectivity index (χ3v) is 2.54. The zero-order valence-electron chi connectivity index (χ0n) is 11.4. The Morgan fingerprint density at radius 1 is 1.33 bits per heavy atom. The fourth-order valence-corrected chi connectivity index (χ4v) is 1.57. The molecule has 0 fully saturated rings. The van der Waals surface area contributed by atoms with E-state index >= 15 is 0 Å². The van der Waals surface area contributed by atoms with Crippen LogP contribution in [0.15, 0.2) is 18.2 Å². The van der Waals surface area contributed by atoms with Gasteiger partial charge in [0.1, 0.15) is 12.4 Å². The normalized spacial score (nSPS) is 10.7. The largest absolute Gasteiger partial charge is 0.481 e. The summed E-state index contributed by atoms with van der Waals surface area (Å²) in [5, 5.41) is 4.14. The van der Waals surface area contributed by atoms with Crippen LogP contribution < -0.4 is 10.1 Å². The molecule has 1 N–H and O–H groups in total. The molecule has 0 aliphatic rings. The van der Waals surface area contributed by atoms with E-state index in [1.807, 2.05) is 18.2 Å². The van der Waals surface area contributed by atoms with Gasteiger partial charge in [-0.3, -0.25) is 0 Å². The average molecular weight is 266 g/mol. The number of rotatable bonds is 4. The maximum atomic E-state index is 6.02. The summed E-state index contributed by atoms with van der Waals surface area (Å²) >= 11 is 6.02. The van der Waals surface area contributed by atoms with E-state index in [4.69, 9.17) is 16.3 Å². The molecule has 0 aliphatic carbocycles. The van der Waals surface area contributed by atoms with Crippen molar-refractivity contribution in [1.82, 2.24) is 5.32 Å². The summed E-state index contributed by atoms with van der Waals surface area (Å²) in [5.41, 5.74) is 1.11. The van der Waals surface area contributed by atoms with Gasteiger partial charge in [0, 0.05) is 22.7 Å². The lowest BCUT2D eigenvalue weighted by molar-refractivity contribution is 0.358. The van der Waals surface area contributed by atoms with Gasteiger partial charge in [0.2, 0.25) is 0 Å². The van der Waals surface area contributed by atoms with Gasteiger partial charge in [-0.1, -0.05) is 17.5 Å². The van der Waals surface area contributed by atoms with Crippen molar-refractivity contribution < 1.29 is 4.74 Å². The van der Waals surface area contributed by atoms with Gasteiger partial charge in [0.15, 0.2) is 0 Å². The maximum Gasteiger partial charge on any atom is 0.149 e. The lowest BCUT2D eigenvalue weighted by Crippen LogP contribution is -2.35. The number of benzene rings is 1. The Morgan fingerprint density at radius 3 is 2.67 bits per heavy atom. The molecule has 0 aromatic heterocycles. The standard InChI is InChI=1S/C15H20ClNO/c1-5-6-9-18-14-8-7-13(16)10-12(14)11-17-15(2,3)4/h7-8,10,17H,9,11H2,1-4H3. The molecule has 0 amide bonds. The summed E-state index contributed by atoms with van der Waals surface area (Å²) in [4.78, 5) is 0. The van der Waals surface area contributed by atoms with Crippen LogP contribution in [-0.4, -0.2) is 12.1 Å². The molecule has 3 heteroatoms. The van der Waals surface area contributed by atoms with Crippen LogP contribution in [0.1, 0.15) is 33.3 Å². The van der Waals surface area contributed by atoms with Gasteiger partial charge in [0.05, 0.1) is 0 Å². The van der Waals surface area contributed by atoms with Crippen molar-refractivity contribution in [2.75, 3.05) is 6.61 Å². The van der Waals surface area contributed by atoms with Crippen LogP contribution in [0.3, 0.4) is 0 Å². The lowest BCUT2D eigenvalue weighted by atomic mass is 10.1. The number of ether oxygens (including phenoxy) is 1. The molecule has 0 saturated carbocycles. The second-order valence-corrected chi connectivity index (χ2v) is 5.51. The quantitative estimate of drug-likeness (QED) is 0.840. The molecule has 0 spiro atoms. The molecule has 2 nitrogen and oxygen atoms in total. The summed E-state index contributed by atoms with van der Waals surface area (Å²) in [6.07, 6.45) is 0. The van der Waals surface area contributed by atoms with E-state index in [0.717, 1.165) is 22.9 Å². The van der Waals surface area contributed by atoms with Crippen LogP contribution in [-0.2, 0) is 6.54 Å². The topological polar surface area (TPSA) is 21.3 Å². The molecule has 18 heavy (non-hydrogen) atoms. The summed E-state index contributed by atoms with van der Waals surface area (Å²) < 4.78 is 5.63. The van der Waals surface area contributed by atoms with Crippen LogP contribution in [0.4, 0.5) is 0 Å². The fraction of sp³-hybridized carbons (Fsp3) is 0.467. The molecule has 0 unspecified atom stereocenters. The van der Waals surface area contributed by atoms with Crippen LogP contribution in [0, 0.1) is 11.8 Å². The smallest absolute Gasteiger partial charge is 0.149 e. The monoisotopic (exact) mass is 265 g/mol. The van der Waals surface area contributed by atoms with E-state index in [2.05, 4.69) is 37.9 Å². The summed E-state index contributed by atoms with van der Waals surface area (Å²) in [6.45, 7) is 9.30. The highest BCUT2D eigenvalue weighted by Crippen LogP contribution is 2.23. The molecule has 0 aliphatic heterocycles. The van der Waals surface area contributed by atoms with Crippen molar-refractivity contribution in [3.63, 3.8) is 0 Å². The Bertz CT molecular complexity index is 452. The molecule has 98 valence electrons. The number of halogens is 1. The zero-order valence-corrected chi connectivity index (χ0v) is 12.2. The predicted octanol–water partition coefficient (Wildman–Crippen LogP) is 3.63. The SMILES string of the molecule is CC#CCOc1ccc(Cl)cc1CNC(C)(C)C. The molecule has 1 aromatic carbocycles. The molecule has 0 atom stereocenters. The van der Waals surface area contributed by atoms with Gasteiger partial charge in [-0.05, 0) is 45.9 Å². The van der Waals surface area contributed by atoms with Crippen LogP contribution in [0.2, 0.25) is 5.02 Å². The highest BCUT2D eigenvalue weighted by atomic mass is 35.5. The predicted molar refractivity (Wildman–Crippen MR) is 77.0 cm³/mol. The first-order valence-corrected chi connectivity index (χ1v) is 6.36.